The summed E-state index contributed by atoms with van der Waals surface area (Å²) in [5, 5.41) is 8.98. The van der Waals surface area contributed by atoms with Gasteiger partial charge in [0.15, 0.2) is 17.8 Å². The van der Waals surface area contributed by atoms with E-state index in [1.165, 1.54) is 0 Å². The lowest BCUT2D eigenvalue weighted by atomic mass is 10.2. The molecule has 2 aromatic rings. The lowest BCUT2D eigenvalue weighted by molar-refractivity contribution is -0.159. The minimum atomic E-state index is -1.04. The molecule has 1 fully saturated rings. The molecule has 1 unspecified atom stereocenters. The summed E-state index contributed by atoms with van der Waals surface area (Å²) in [6, 6.07) is 9.70. The fraction of sp³-hybridized carbons (Fsp3) is 0.389. The Morgan fingerprint density at radius 3 is 2.84 bits per heavy atom. The number of ether oxygens (including phenoxy) is 1. The summed E-state index contributed by atoms with van der Waals surface area (Å²) in [7, 11) is 0. The monoisotopic (exact) mass is 344 g/mol. The summed E-state index contributed by atoms with van der Waals surface area (Å²) >= 11 is 0. The first kappa shape index (κ1) is 17.2. The molecule has 1 aliphatic heterocycles. The second-order valence-electron chi connectivity index (χ2n) is 5.88. The number of morpholine rings is 1. The number of carbonyl (C=O) groups excluding carboxylic acids is 1. The van der Waals surface area contributed by atoms with Gasteiger partial charge in [-0.3, -0.25) is 4.79 Å². The molecule has 1 amide bonds. The number of carboxylic acids is 1. The highest BCUT2D eigenvalue weighted by atomic mass is 16.5. The van der Waals surface area contributed by atoms with Crippen molar-refractivity contribution in [2.24, 2.45) is 0 Å². The molecule has 0 aliphatic carbocycles. The Bertz CT molecular complexity index is 728. The molecule has 2 heterocycles. The lowest BCUT2D eigenvalue weighted by Gasteiger charge is -2.30. The molecule has 7 nitrogen and oxygen atoms in total. The number of carbonyl (C=O) groups is 2. The van der Waals surface area contributed by atoms with Gasteiger partial charge >= 0.3 is 5.97 Å². The molecule has 0 saturated carbocycles. The van der Waals surface area contributed by atoms with E-state index in [0.29, 0.717) is 37.5 Å². The Balaban J connectivity index is 1.47. The molecule has 7 heteroatoms. The third kappa shape index (κ3) is 4.45. The molecule has 1 atom stereocenters. The SMILES string of the molecule is O=C(O)C1CN(C(=O)CCCc2ncc(-c3ccccc3)o2)CCO1. The average molecular weight is 344 g/mol. The predicted molar refractivity (Wildman–Crippen MR) is 88.8 cm³/mol. The molecule has 0 bridgehead atoms. The maximum Gasteiger partial charge on any atom is 0.334 e. The fourth-order valence-corrected chi connectivity index (χ4v) is 2.74. The fourth-order valence-electron chi connectivity index (χ4n) is 2.74. The second-order valence-corrected chi connectivity index (χ2v) is 5.88. The maximum atomic E-state index is 12.2. The molecule has 132 valence electrons. The minimum absolute atomic E-state index is 0.0654. The zero-order chi connectivity index (χ0) is 17.6. The Hall–Kier alpha value is -2.67. The molecule has 25 heavy (non-hydrogen) atoms. The van der Waals surface area contributed by atoms with E-state index < -0.39 is 12.1 Å². The van der Waals surface area contributed by atoms with Crippen molar-refractivity contribution >= 4 is 11.9 Å². The quantitative estimate of drug-likeness (QED) is 0.861. The van der Waals surface area contributed by atoms with E-state index in [0.717, 1.165) is 5.56 Å². The number of oxazole rings is 1. The van der Waals surface area contributed by atoms with Crippen LogP contribution in [-0.2, 0) is 20.7 Å². The molecule has 3 rings (SSSR count). The first-order chi connectivity index (χ1) is 12.1. The smallest absolute Gasteiger partial charge is 0.334 e. The summed E-state index contributed by atoms with van der Waals surface area (Å²) in [5.41, 5.74) is 0.963. The van der Waals surface area contributed by atoms with E-state index in [2.05, 4.69) is 4.98 Å². The van der Waals surface area contributed by atoms with E-state index in [4.69, 9.17) is 14.3 Å². The van der Waals surface area contributed by atoms with Gasteiger partial charge in [-0.05, 0) is 6.42 Å². The normalized spacial score (nSPS) is 17.4. The van der Waals surface area contributed by atoms with Crippen molar-refractivity contribution in [3.05, 3.63) is 42.4 Å². The topological polar surface area (TPSA) is 92.9 Å². The first-order valence-corrected chi connectivity index (χ1v) is 8.26. The lowest BCUT2D eigenvalue weighted by Crippen LogP contribution is -2.48. The van der Waals surface area contributed by atoms with Crippen LogP contribution in [0.4, 0.5) is 0 Å². The zero-order valence-electron chi connectivity index (χ0n) is 13.8. The number of aromatic nitrogens is 1. The molecule has 1 aliphatic rings. The van der Waals surface area contributed by atoms with Crippen molar-refractivity contribution in [3.8, 4) is 11.3 Å². The number of aryl methyl sites for hydroxylation is 1. The van der Waals surface area contributed by atoms with Crippen LogP contribution in [0.15, 0.2) is 40.9 Å². The van der Waals surface area contributed by atoms with Crippen LogP contribution in [0.3, 0.4) is 0 Å². The number of hydrogen-bond acceptors (Lipinski definition) is 5. The van der Waals surface area contributed by atoms with Crippen molar-refractivity contribution in [3.63, 3.8) is 0 Å². The largest absolute Gasteiger partial charge is 0.479 e. The maximum absolute atomic E-state index is 12.2. The van der Waals surface area contributed by atoms with Crippen molar-refractivity contribution in [1.82, 2.24) is 9.88 Å². The Labute approximate surface area is 145 Å². The van der Waals surface area contributed by atoms with Gasteiger partial charge in [0.25, 0.3) is 0 Å². The number of amides is 1. The van der Waals surface area contributed by atoms with Gasteiger partial charge in [-0.1, -0.05) is 30.3 Å². The first-order valence-electron chi connectivity index (χ1n) is 8.26. The van der Waals surface area contributed by atoms with Gasteiger partial charge in [0.1, 0.15) is 0 Å². The Morgan fingerprint density at radius 2 is 2.08 bits per heavy atom. The number of aliphatic carboxylic acids is 1. The summed E-state index contributed by atoms with van der Waals surface area (Å²) in [5.74, 6) is 0.201. The number of carboxylic acid groups (broad SMARTS) is 1. The van der Waals surface area contributed by atoms with Gasteiger partial charge in [0, 0.05) is 24.9 Å². The third-order valence-electron chi connectivity index (χ3n) is 4.09. The van der Waals surface area contributed by atoms with E-state index in [1.807, 2.05) is 30.3 Å². The van der Waals surface area contributed by atoms with Crippen LogP contribution in [0.2, 0.25) is 0 Å². The number of benzene rings is 1. The van der Waals surface area contributed by atoms with E-state index >= 15 is 0 Å². The molecule has 1 aromatic heterocycles. The molecular formula is C18H20N2O5. The number of hydrogen-bond donors (Lipinski definition) is 1. The number of rotatable bonds is 6. The summed E-state index contributed by atoms with van der Waals surface area (Å²) < 4.78 is 10.8. The van der Waals surface area contributed by atoms with E-state index in [9.17, 15) is 9.59 Å². The second kappa shape index (κ2) is 7.94. The van der Waals surface area contributed by atoms with Gasteiger partial charge in [0.2, 0.25) is 5.91 Å². The molecule has 1 saturated heterocycles. The van der Waals surface area contributed by atoms with Crippen LogP contribution in [0.5, 0.6) is 0 Å². The molecule has 1 N–H and O–H groups in total. The van der Waals surface area contributed by atoms with Crippen molar-refractivity contribution in [1.29, 1.82) is 0 Å². The summed E-state index contributed by atoms with van der Waals surface area (Å²) in [6.45, 7) is 0.786. The van der Waals surface area contributed by atoms with Crippen LogP contribution in [0.25, 0.3) is 11.3 Å². The van der Waals surface area contributed by atoms with Gasteiger partial charge < -0.3 is 19.2 Å². The van der Waals surface area contributed by atoms with E-state index in [1.54, 1.807) is 11.1 Å². The van der Waals surface area contributed by atoms with Crippen LogP contribution < -0.4 is 0 Å². The Morgan fingerprint density at radius 1 is 1.28 bits per heavy atom. The van der Waals surface area contributed by atoms with Crippen LogP contribution in [0.1, 0.15) is 18.7 Å². The van der Waals surface area contributed by atoms with E-state index in [-0.39, 0.29) is 19.1 Å². The Kier molecular flexibility index (Phi) is 5.45. The van der Waals surface area contributed by atoms with Crippen molar-refractivity contribution in [2.45, 2.75) is 25.4 Å². The van der Waals surface area contributed by atoms with Crippen LogP contribution >= 0.6 is 0 Å². The molecular weight excluding hydrogens is 324 g/mol. The summed E-state index contributed by atoms with van der Waals surface area (Å²) in [4.78, 5) is 29.0. The standard InChI is InChI=1S/C18H20N2O5/c21-17(20-9-10-24-15(12-20)18(22)23)8-4-7-16-19-11-14(25-16)13-5-2-1-3-6-13/h1-3,5-6,11,15H,4,7-10,12H2,(H,22,23). The third-order valence-corrected chi connectivity index (χ3v) is 4.09. The molecule has 0 radical (unpaired) electrons. The highest BCUT2D eigenvalue weighted by Gasteiger charge is 2.28. The van der Waals surface area contributed by atoms with Crippen LogP contribution in [0, 0.1) is 0 Å². The van der Waals surface area contributed by atoms with Crippen LogP contribution in [-0.4, -0.2) is 52.7 Å². The average Bonchev–Trinajstić information content (AvgIpc) is 3.11. The van der Waals surface area contributed by atoms with Gasteiger partial charge in [-0.2, -0.15) is 0 Å². The minimum Gasteiger partial charge on any atom is -0.479 e. The van der Waals surface area contributed by atoms with Crippen molar-refractivity contribution < 1.29 is 23.8 Å². The van der Waals surface area contributed by atoms with Crippen molar-refractivity contribution in [2.75, 3.05) is 19.7 Å². The highest BCUT2D eigenvalue weighted by Crippen LogP contribution is 2.20. The predicted octanol–water partition coefficient (Wildman–Crippen LogP) is 1.98. The highest BCUT2D eigenvalue weighted by molar-refractivity contribution is 5.78. The number of nitrogens with zero attached hydrogens (tertiary/aromatic N) is 2. The van der Waals surface area contributed by atoms with Gasteiger partial charge in [0.05, 0.1) is 19.3 Å². The molecule has 1 aromatic carbocycles. The van der Waals surface area contributed by atoms with Gasteiger partial charge in [-0.25, -0.2) is 9.78 Å². The zero-order valence-corrected chi connectivity index (χ0v) is 13.8. The molecule has 0 spiro atoms. The van der Waals surface area contributed by atoms with Gasteiger partial charge in [-0.15, -0.1) is 0 Å². The summed E-state index contributed by atoms with van der Waals surface area (Å²) in [6.07, 6.45) is 2.24.